The van der Waals surface area contributed by atoms with E-state index in [-0.39, 0.29) is 57.2 Å². The lowest BCUT2D eigenvalue weighted by atomic mass is 9.79. The molecular weight excluding hydrogens is 758 g/mol. The summed E-state index contributed by atoms with van der Waals surface area (Å²) in [6.45, 7) is 25.3. The van der Waals surface area contributed by atoms with E-state index in [1.807, 2.05) is 60.7 Å². The zero-order valence-corrected chi connectivity index (χ0v) is 37.8. The van der Waals surface area contributed by atoms with Gasteiger partial charge in [-0.05, 0) is 125 Å². The Kier molecular flexibility index (Phi) is 12.3. The van der Waals surface area contributed by atoms with Gasteiger partial charge < -0.3 is 19.6 Å². The predicted molar refractivity (Wildman–Crippen MR) is 246 cm³/mol. The summed E-state index contributed by atoms with van der Waals surface area (Å²) < 4.78 is 29.1. The second kappa shape index (κ2) is 16.3. The Morgan fingerprint density at radius 3 is 0.897 bits per heavy atom. The maximum absolute atomic E-state index is 14.5. The molecule has 0 amide bonds. The van der Waals surface area contributed by atoms with Crippen molar-refractivity contribution in [2.75, 3.05) is 0 Å². The molecule has 0 heterocycles. The number of fused-ring (bicyclic) bond motifs is 2. The van der Waals surface area contributed by atoms with Gasteiger partial charge in [-0.25, -0.2) is 0 Å². The highest BCUT2D eigenvalue weighted by Gasteiger charge is 2.38. The van der Waals surface area contributed by atoms with Gasteiger partial charge in [-0.15, -0.1) is 0 Å². The van der Waals surface area contributed by atoms with E-state index in [1.165, 1.54) is 0 Å². The highest BCUT2D eigenvalue weighted by atomic mass is 31.2. The molecule has 0 bridgehead atoms. The molecule has 6 aromatic rings. The minimum Gasteiger partial charge on any atom is -0.321 e. The molecule has 0 radical (unpaired) electrons. The highest BCUT2D eigenvalue weighted by molar-refractivity contribution is 7.62. The number of hydrogen-bond donors (Lipinski definition) is 4. The lowest BCUT2D eigenvalue weighted by molar-refractivity contribution is 0.385. The molecule has 4 N–H and O–H groups in total. The van der Waals surface area contributed by atoms with E-state index in [1.54, 1.807) is 0 Å². The molecule has 0 saturated heterocycles. The Balaban J connectivity index is 1.98. The summed E-state index contributed by atoms with van der Waals surface area (Å²) in [5.41, 5.74) is 8.70. The highest BCUT2D eigenvalue weighted by Crippen LogP contribution is 2.53. The first kappa shape index (κ1) is 43.7. The van der Waals surface area contributed by atoms with Crippen molar-refractivity contribution in [1.82, 2.24) is 0 Å². The summed E-state index contributed by atoms with van der Waals surface area (Å²) in [6.07, 6.45) is 0. The van der Waals surface area contributed by atoms with Gasteiger partial charge >= 0.3 is 15.2 Å². The fraction of sp³-hybridized carbons (Fsp3) is 0.360. The predicted octanol–water partition coefficient (Wildman–Crippen LogP) is 13.3. The van der Waals surface area contributed by atoms with Gasteiger partial charge in [0, 0.05) is 11.1 Å². The molecule has 0 aromatic heterocycles. The van der Waals surface area contributed by atoms with Crippen LogP contribution in [-0.2, 0) is 9.13 Å². The first-order valence-electron chi connectivity index (χ1n) is 20.6. The van der Waals surface area contributed by atoms with Crippen LogP contribution in [0.3, 0.4) is 0 Å². The lowest BCUT2D eigenvalue weighted by Crippen LogP contribution is -2.21. The van der Waals surface area contributed by atoms with Crippen molar-refractivity contribution in [3.8, 4) is 33.4 Å². The first-order valence-corrected chi connectivity index (χ1v) is 23.9. The summed E-state index contributed by atoms with van der Waals surface area (Å²) in [6, 6.07) is 27.2. The fourth-order valence-electron chi connectivity index (χ4n) is 8.70. The average molecular weight is 819 g/mol. The summed E-state index contributed by atoms with van der Waals surface area (Å²) >= 11 is 0. The van der Waals surface area contributed by atoms with Gasteiger partial charge in [-0.1, -0.05) is 156 Å². The van der Waals surface area contributed by atoms with Crippen LogP contribution in [0.5, 0.6) is 0 Å². The standard InChI is InChI=1S/C50H60O6P2/c1-27(2)35-23-39(29(5)6)45(40(24-35)30(7)8)43-21-33-17-13-15-19-37(33)47(49(43)57(51,52)53)48-38-20-16-14-18-34(38)22-44(50(48)58(54,55)56)46-41(31(9)10)25-36(28(3)4)26-42(46)32(11)12/h13-32H,1-12H3,(H2,51,52,53)(H2,54,55,56). The van der Waals surface area contributed by atoms with Crippen LogP contribution in [0.4, 0.5) is 0 Å². The van der Waals surface area contributed by atoms with Crippen molar-refractivity contribution in [1.29, 1.82) is 0 Å². The van der Waals surface area contributed by atoms with E-state index in [9.17, 15) is 28.7 Å². The van der Waals surface area contributed by atoms with Gasteiger partial charge in [0.2, 0.25) is 0 Å². The van der Waals surface area contributed by atoms with E-state index in [2.05, 4.69) is 107 Å². The molecule has 6 aromatic carbocycles. The fourth-order valence-corrected chi connectivity index (χ4v) is 10.7. The zero-order chi connectivity index (χ0) is 42.8. The van der Waals surface area contributed by atoms with Crippen molar-refractivity contribution < 1.29 is 28.7 Å². The molecule has 0 fully saturated rings. The normalized spacial score (nSPS) is 12.9. The summed E-state index contributed by atoms with van der Waals surface area (Å²) in [5.74, 6) is 0.435. The number of rotatable bonds is 11. The minimum atomic E-state index is -5.22. The smallest absolute Gasteiger partial charge is 0.321 e. The lowest BCUT2D eigenvalue weighted by Gasteiger charge is -2.29. The maximum Gasteiger partial charge on any atom is 0.357 e. The Hall–Kier alpha value is -3.86. The molecule has 0 unspecified atom stereocenters. The van der Waals surface area contributed by atoms with Gasteiger partial charge in [0.1, 0.15) is 0 Å². The Morgan fingerprint density at radius 1 is 0.379 bits per heavy atom. The summed E-state index contributed by atoms with van der Waals surface area (Å²) in [5, 5.41) is 1.96. The van der Waals surface area contributed by atoms with Crippen molar-refractivity contribution in [3.05, 3.63) is 118 Å². The van der Waals surface area contributed by atoms with Gasteiger partial charge in [0.15, 0.2) is 0 Å². The van der Waals surface area contributed by atoms with Crippen LogP contribution < -0.4 is 10.6 Å². The third-order valence-electron chi connectivity index (χ3n) is 11.7. The third kappa shape index (κ3) is 8.05. The second-order valence-electron chi connectivity index (χ2n) is 17.9. The van der Waals surface area contributed by atoms with Crippen LogP contribution >= 0.6 is 15.2 Å². The number of hydrogen-bond acceptors (Lipinski definition) is 2. The quantitative estimate of drug-likeness (QED) is 0.0968. The molecule has 0 atom stereocenters. The van der Waals surface area contributed by atoms with Crippen molar-refractivity contribution in [2.45, 2.75) is 119 Å². The van der Waals surface area contributed by atoms with E-state index >= 15 is 0 Å². The van der Waals surface area contributed by atoms with E-state index in [4.69, 9.17) is 0 Å². The van der Waals surface area contributed by atoms with Gasteiger partial charge in [0.25, 0.3) is 0 Å². The first-order chi connectivity index (χ1) is 27.0. The SMILES string of the molecule is CC(C)c1cc(C(C)C)c(-c2cc3ccccc3c(-c3c(P(=O)(O)O)c(-c4c(C(C)C)cc(C(C)C)cc4C(C)C)cc4ccccc34)c2P(=O)(O)O)c(C(C)C)c1. The molecule has 58 heavy (non-hydrogen) atoms. The molecule has 6 nitrogen and oxygen atoms in total. The monoisotopic (exact) mass is 818 g/mol. The van der Waals surface area contributed by atoms with Gasteiger partial charge in [0.05, 0.1) is 10.6 Å². The van der Waals surface area contributed by atoms with Crippen molar-refractivity contribution in [2.24, 2.45) is 0 Å². The Morgan fingerprint density at radius 2 is 0.655 bits per heavy atom. The summed E-state index contributed by atoms with van der Waals surface area (Å²) in [7, 11) is -10.4. The van der Waals surface area contributed by atoms with E-state index in [0.717, 1.165) is 44.5 Å². The van der Waals surface area contributed by atoms with Crippen LogP contribution in [0.2, 0.25) is 0 Å². The molecule has 6 rings (SSSR count). The molecular formula is C50H60O6P2. The molecule has 0 spiro atoms. The third-order valence-corrected chi connectivity index (χ3v) is 13.8. The Bertz CT molecular complexity index is 2400. The van der Waals surface area contributed by atoms with Crippen molar-refractivity contribution in [3.63, 3.8) is 0 Å². The molecule has 0 aliphatic rings. The van der Waals surface area contributed by atoms with Crippen LogP contribution in [0, 0.1) is 0 Å². The zero-order valence-electron chi connectivity index (χ0n) is 36.0. The van der Waals surface area contributed by atoms with E-state index < -0.39 is 15.2 Å². The summed E-state index contributed by atoms with van der Waals surface area (Å²) in [4.78, 5) is 47.3. The maximum atomic E-state index is 14.5. The van der Waals surface area contributed by atoms with Gasteiger partial charge in [-0.2, -0.15) is 0 Å². The second-order valence-corrected chi connectivity index (χ2v) is 21.0. The Labute approximate surface area is 345 Å². The largest absolute Gasteiger partial charge is 0.357 e. The molecule has 0 saturated carbocycles. The minimum absolute atomic E-state index is 0.00159. The molecule has 8 heteroatoms. The van der Waals surface area contributed by atoms with E-state index in [0.29, 0.717) is 32.7 Å². The number of benzene rings is 6. The topological polar surface area (TPSA) is 115 Å². The van der Waals surface area contributed by atoms with Crippen LogP contribution in [0.1, 0.15) is 152 Å². The van der Waals surface area contributed by atoms with Crippen molar-refractivity contribution >= 4 is 47.3 Å². The van der Waals surface area contributed by atoms with Crippen LogP contribution in [0.25, 0.3) is 54.9 Å². The molecule has 0 aliphatic heterocycles. The van der Waals surface area contributed by atoms with Crippen LogP contribution in [-0.4, -0.2) is 19.6 Å². The van der Waals surface area contributed by atoms with Gasteiger partial charge in [-0.3, -0.25) is 9.13 Å². The average Bonchev–Trinajstić information content (AvgIpc) is 3.14. The molecule has 0 aliphatic carbocycles. The van der Waals surface area contributed by atoms with Crippen LogP contribution in [0.15, 0.2) is 84.9 Å². The molecule has 306 valence electrons.